The second-order valence-electron chi connectivity index (χ2n) is 5.32. The van der Waals surface area contributed by atoms with Gasteiger partial charge < -0.3 is 16.0 Å². The first-order valence-corrected chi connectivity index (χ1v) is 6.67. The van der Waals surface area contributed by atoms with E-state index in [0.29, 0.717) is 18.0 Å². The van der Waals surface area contributed by atoms with Crippen LogP contribution in [0.2, 0.25) is 0 Å². The molecule has 0 aliphatic carbocycles. The van der Waals surface area contributed by atoms with E-state index in [1.54, 1.807) is 6.07 Å². The van der Waals surface area contributed by atoms with E-state index in [4.69, 9.17) is 10.9 Å². The largest absolute Gasteiger partial charge is 0.409 e. The lowest BCUT2D eigenvalue weighted by atomic mass is 10.0. The molecule has 0 spiro atoms. The fourth-order valence-corrected chi connectivity index (χ4v) is 2.76. The van der Waals surface area contributed by atoms with Gasteiger partial charge in [0.1, 0.15) is 5.82 Å². The second-order valence-corrected chi connectivity index (χ2v) is 5.32. The van der Waals surface area contributed by atoms with Gasteiger partial charge in [-0.1, -0.05) is 12.1 Å². The predicted octanol–water partition coefficient (Wildman–Crippen LogP) is 1.12. The summed E-state index contributed by atoms with van der Waals surface area (Å²) in [5.41, 5.74) is 6.60. The molecule has 0 saturated carbocycles. The maximum Gasteiger partial charge on any atom is 0.170 e. The maximum absolute atomic E-state index is 13.6. The Bertz CT molecular complexity index is 507. The van der Waals surface area contributed by atoms with Crippen LogP contribution >= 0.6 is 0 Å². The van der Waals surface area contributed by atoms with Crippen molar-refractivity contribution in [1.82, 2.24) is 4.90 Å². The van der Waals surface area contributed by atoms with Gasteiger partial charge in [0.25, 0.3) is 0 Å². The maximum atomic E-state index is 13.6. The Hall–Kier alpha value is -1.66. The minimum atomic E-state index is -0.420. The zero-order valence-electron chi connectivity index (χ0n) is 11.5. The molecule has 2 unspecified atom stereocenters. The van der Waals surface area contributed by atoms with Gasteiger partial charge in [0.2, 0.25) is 0 Å². The van der Waals surface area contributed by atoms with Gasteiger partial charge >= 0.3 is 0 Å². The summed E-state index contributed by atoms with van der Waals surface area (Å²) >= 11 is 0. The highest BCUT2D eigenvalue weighted by Gasteiger charge is 2.30. The van der Waals surface area contributed by atoms with E-state index in [9.17, 15) is 9.50 Å². The summed E-state index contributed by atoms with van der Waals surface area (Å²) in [7, 11) is 0. The fourth-order valence-electron chi connectivity index (χ4n) is 2.76. The number of hydrogen-bond acceptors (Lipinski definition) is 4. The van der Waals surface area contributed by atoms with E-state index in [2.05, 4.69) is 17.0 Å². The first-order chi connectivity index (χ1) is 9.55. The third kappa shape index (κ3) is 3.08. The molecule has 0 radical (unpaired) electrons. The van der Waals surface area contributed by atoms with Crippen molar-refractivity contribution in [2.24, 2.45) is 16.8 Å². The molecule has 6 heteroatoms. The van der Waals surface area contributed by atoms with Gasteiger partial charge in [0, 0.05) is 18.2 Å². The summed E-state index contributed by atoms with van der Waals surface area (Å²) < 4.78 is 13.6. The lowest BCUT2D eigenvalue weighted by Gasteiger charge is -2.25. The van der Waals surface area contributed by atoms with Crippen molar-refractivity contribution in [2.75, 3.05) is 13.2 Å². The van der Waals surface area contributed by atoms with Crippen LogP contribution in [0.3, 0.4) is 0 Å². The topological polar surface area (TPSA) is 82.1 Å². The number of nitrogens with zero attached hydrogens (tertiary/aromatic N) is 2. The molecule has 1 aliphatic heterocycles. The number of benzene rings is 1. The van der Waals surface area contributed by atoms with Crippen LogP contribution in [-0.2, 0) is 6.54 Å². The van der Waals surface area contributed by atoms with Crippen LogP contribution in [0.5, 0.6) is 0 Å². The minimum absolute atomic E-state index is 0.101. The van der Waals surface area contributed by atoms with Crippen molar-refractivity contribution in [3.05, 3.63) is 35.1 Å². The first kappa shape index (κ1) is 14.7. The van der Waals surface area contributed by atoms with Gasteiger partial charge in [-0.25, -0.2) is 4.39 Å². The molecule has 20 heavy (non-hydrogen) atoms. The molecule has 1 saturated heterocycles. The molecule has 1 aromatic rings. The highest BCUT2D eigenvalue weighted by atomic mass is 19.1. The van der Waals surface area contributed by atoms with Crippen LogP contribution < -0.4 is 5.73 Å². The third-order valence-electron chi connectivity index (χ3n) is 3.93. The number of aliphatic hydroxyl groups excluding tert-OH is 1. The number of rotatable bonds is 4. The van der Waals surface area contributed by atoms with Gasteiger partial charge in [0.15, 0.2) is 5.84 Å². The van der Waals surface area contributed by atoms with E-state index in [0.717, 1.165) is 18.5 Å². The smallest absolute Gasteiger partial charge is 0.170 e. The van der Waals surface area contributed by atoms with Gasteiger partial charge in [0.05, 0.1) is 6.61 Å². The highest BCUT2D eigenvalue weighted by molar-refractivity contribution is 5.97. The van der Waals surface area contributed by atoms with E-state index in [-0.39, 0.29) is 18.5 Å². The van der Waals surface area contributed by atoms with Crippen LogP contribution in [-0.4, -0.2) is 40.2 Å². The van der Waals surface area contributed by atoms with E-state index in [1.165, 1.54) is 12.1 Å². The first-order valence-electron chi connectivity index (χ1n) is 6.67. The monoisotopic (exact) mass is 281 g/mol. The molecule has 110 valence electrons. The number of hydrogen-bond donors (Lipinski definition) is 3. The normalized spacial score (nSPS) is 24.2. The van der Waals surface area contributed by atoms with Crippen molar-refractivity contribution in [3.63, 3.8) is 0 Å². The summed E-state index contributed by atoms with van der Waals surface area (Å²) in [6.07, 6.45) is 1.02. The molecule has 0 aromatic heterocycles. The predicted molar refractivity (Wildman–Crippen MR) is 74.0 cm³/mol. The van der Waals surface area contributed by atoms with Crippen LogP contribution in [0.25, 0.3) is 0 Å². The van der Waals surface area contributed by atoms with Crippen LogP contribution in [0.4, 0.5) is 4.39 Å². The Morgan fingerprint density at radius 3 is 2.90 bits per heavy atom. The molecule has 1 aliphatic rings. The summed E-state index contributed by atoms with van der Waals surface area (Å²) in [6, 6.07) is 4.47. The Morgan fingerprint density at radius 1 is 1.50 bits per heavy atom. The molecular weight excluding hydrogens is 261 g/mol. The zero-order chi connectivity index (χ0) is 14.7. The standard InChI is InChI=1S/C14H20FN3O2/c1-9-2-3-18(13(9)8-19)7-10-4-11(14(16)17-20)6-12(15)5-10/h4-6,9,13,19-20H,2-3,7-8H2,1H3,(H2,16,17). The molecule has 2 rings (SSSR count). The molecule has 5 nitrogen and oxygen atoms in total. The average Bonchev–Trinajstić information content (AvgIpc) is 2.77. The molecule has 1 aromatic carbocycles. The van der Waals surface area contributed by atoms with Gasteiger partial charge in [-0.05, 0) is 42.6 Å². The second kappa shape index (κ2) is 6.19. The molecular formula is C14H20FN3O2. The summed E-state index contributed by atoms with van der Waals surface area (Å²) in [5, 5.41) is 21.0. The van der Waals surface area contributed by atoms with Crippen molar-refractivity contribution >= 4 is 5.84 Å². The third-order valence-corrected chi connectivity index (χ3v) is 3.93. The number of oxime groups is 1. The lowest BCUT2D eigenvalue weighted by molar-refractivity contribution is 0.134. The average molecular weight is 281 g/mol. The van der Waals surface area contributed by atoms with Crippen molar-refractivity contribution < 1.29 is 14.7 Å². The fraction of sp³-hybridized carbons (Fsp3) is 0.500. The van der Waals surface area contributed by atoms with Crippen LogP contribution in [0, 0.1) is 11.7 Å². The lowest BCUT2D eigenvalue weighted by Crippen LogP contribution is -2.34. The van der Waals surface area contributed by atoms with Crippen LogP contribution in [0.1, 0.15) is 24.5 Å². The van der Waals surface area contributed by atoms with E-state index >= 15 is 0 Å². The number of aliphatic hydroxyl groups is 1. The Morgan fingerprint density at radius 2 is 2.25 bits per heavy atom. The Balaban J connectivity index is 2.19. The van der Waals surface area contributed by atoms with E-state index < -0.39 is 5.82 Å². The number of likely N-dealkylation sites (tertiary alicyclic amines) is 1. The Kier molecular flexibility index (Phi) is 4.57. The highest BCUT2D eigenvalue weighted by Crippen LogP contribution is 2.25. The van der Waals surface area contributed by atoms with Gasteiger partial charge in [-0.2, -0.15) is 0 Å². The number of nitrogens with two attached hydrogens (primary N) is 1. The Labute approximate surface area is 117 Å². The number of amidine groups is 1. The molecule has 2 atom stereocenters. The summed E-state index contributed by atoms with van der Waals surface area (Å²) in [5.74, 6) is -0.103. The van der Waals surface area contributed by atoms with Crippen molar-refractivity contribution in [2.45, 2.75) is 25.9 Å². The SMILES string of the molecule is CC1CCN(Cc2cc(F)cc(/C(N)=N/O)c2)C1CO. The van der Waals surface area contributed by atoms with Crippen LogP contribution in [0.15, 0.2) is 23.4 Å². The van der Waals surface area contributed by atoms with Gasteiger partial charge in [-0.3, -0.25) is 4.90 Å². The summed E-state index contributed by atoms with van der Waals surface area (Å²) in [4.78, 5) is 2.13. The minimum Gasteiger partial charge on any atom is -0.409 e. The molecule has 4 N–H and O–H groups in total. The quantitative estimate of drug-likeness (QED) is 0.334. The van der Waals surface area contributed by atoms with Gasteiger partial charge in [-0.15, -0.1) is 0 Å². The zero-order valence-corrected chi connectivity index (χ0v) is 11.5. The summed E-state index contributed by atoms with van der Waals surface area (Å²) in [6.45, 7) is 3.62. The molecule has 0 amide bonds. The van der Waals surface area contributed by atoms with Crippen molar-refractivity contribution in [1.29, 1.82) is 0 Å². The van der Waals surface area contributed by atoms with Crippen molar-refractivity contribution in [3.8, 4) is 0 Å². The number of halogens is 1. The molecule has 0 bridgehead atoms. The molecule has 1 fully saturated rings. The van der Waals surface area contributed by atoms with E-state index in [1.807, 2.05) is 0 Å². The molecule has 1 heterocycles.